The van der Waals surface area contributed by atoms with Crippen LogP contribution in [0.1, 0.15) is 21.5 Å². The van der Waals surface area contributed by atoms with Gasteiger partial charge < -0.3 is 5.32 Å². The van der Waals surface area contributed by atoms with Crippen LogP contribution in [0.3, 0.4) is 0 Å². The van der Waals surface area contributed by atoms with Gasteiger partial charge in [-0.15, -0.1) is 0 Å². The van der Waals surface area contributed by atoms with Crippen LogP contribution in [0.25, 0.3) is 0 Å². The van der Waals surface area contributed by atoms with Crippen LogP contribution in [0.15, 0.2) is 46.9 Å². The highest BCUT2D eigenvalue weighted by atomic mass is 79.9. The average Bonchev–Trinajstić information content (AvgIpc) is 2.41. The SMILES string of the molecule is Cc1ccc(Br)cc1C(=O)NCCc1cccc(F)c1. The van der Waals surface area contributed by atoms with Gasteiger partial charge in [-0.2, -0.15) is 0 Å². The van der Waals surface area contributed by atoms with Crippen molar-refractivity contribution >= 4 is 21.8 Å². The number of rotatable bonds is 4. The third-order valence-electron chi connectivity index (χ3n) is 3.03. The molecule has 0 heterocycles. The maximum absolute atomic E-state index is 13.0. The molecule has 2 aromatic carbocycles. The van der Waals surface area contributed by atoms with E-state index in [1.807, 2.05) is 25.1 Å². The number of benzene rings is 2. The number of carbonyl (C=O) groups excluding carboxylic acids is 1. The Bertz CT molecular complexity index is 628. The van der Waals surface area contributed by atoms with Gasteiger partial charge in [-0.05, 0) is 48.7 Å². The lowest BCUT2D eigenvalue weighted by Crippen LogP contribution is -2.26. The van der Waals surface area contributed by atoms with E-state index in [1.165, 1.54) is 12.1 Å². The summed E-state index contributed by atoms with van der Waals surface area (Å²) < 4.78 is 13.9. The van der Waals surface area contributed by atoms with Crippen molar-refractivity contribution in [3.8, 4) is 0 Å². The fourth-order valence-electron chi connectivity index (χ4n) is 1.95. The summed E-state index contributed by atoms with van der Waals surface area (Å²) in [6.45, 7) is 2.38. The summed E-state index contributed by atoms with van der Waals surface area (Å²) in [6, 6.07) is 12.0. The number of hydrogen-bond acceptors (Lipinski definition) is 1. The molecule has 20 heavy (non-hydrogen) atoms. The van der Waals surface area contributed by atoms with Crippen molar-refractivity contribution in [2.24, 2.45) is 0 Å². The highest BCUT2D eigenvalue weighted by molar-refractivity contribution is 9.10. The van der Waals surface area contributed by atoms with Gasteiger partial charge in [-0.25, -0.2) is 4.39 Å². The number of nitrogens with one attached hydrogen (secondary N) is 1. The minimum Gasteiger partial charge on any atom is -0.352 e. The first kappa shape index (κ1) is 14.7. The lowest BCUT2D eigenvalue weighted by atomic mass is 10.1. The van der Waals surface area contributed by atoms with Gasteiger partial charge in [0.05, 0.1) is 0 Å². The van der Waals surface area contributed by atoms with E-state index in [0.717, 1.165) is 15.6 Å². The molecular weight excluding hydrogens is 321 g/mol. The van der Waals surface area contributed by atoms with Crippen molar-refractivity contribution in [1.82, 2.24) is 5.32 Å². The summed E-state index contributed by atoms with van der Waals surface area (Å²) in [4.78, 5) is 12.1. The van der Waals surface area contributed by atoms with Gasteiger partial charge in [0.15, 0.2) is 0 Å². The van der Waals surface area contributed by atoms with Crippen molar-refractivity contribution < 1.29 is 9.18 Å². The normalized spacial score (nSPS) is 10.3. The minimum atomic E-state index is -0.253. The Morgan fingerprint density at radius 2 is 2.05 bits per heavy atom. The van der Waals surface area contributed by atoms with Crippen LogP contribution in [0.4, 0.5) is 4.39 Å². The summed E-state index contributed by atoms with van der Waals surface area (Å²) in [7, 11) is 0. The van der Waals surface area contributed by atoms with Gasteiger partial charge in [0.2, 0.25) is 0 Å². The molecule has 0 atom stereocenters. The van der Waals surface area contributed by atoms with Crippen LogP contribution in [0.5, 0.6) is 0 Å². The van der Waals surface area contributed by atoms with Crippen LogP contribution in [0.2, 0.25) is 0 Å². The van der Waals surface area contributed by atoms with E-state index in [0.29, 0.717) is 18.5 Å². The fraction of sp³-hybridized carbons (Fsp3) is 0.188. The molecule has 1 amide bonds. The third-order valence-corrected chi connectivity index (χ3v) is 3.53. The number of aryl methyl sites for hydroxylation is 1. The van der Waals surface area contributed by atoms with Crippen molar-refractivity contribution in [1.29, 1.82) is 0 Å². The molecule has 0 aliphatic heterocycles. The molecule has 0 aromatic heterocycles. The summed E-state index contributed by atoms with van der Waals surface area (Å²) in [6.07, 6.45) is 0.608. The van der Waals surface area contributed by atoms with Crippen molar-refractivity contribution in [2.45, 2.75) is 13.3 Å². The van der Waals surface area contributed by atoms with Crippen LogP contribution in [-0.2, 0) is 6.42 Å². The van der Waals surface area contributed by atoms with Crippen molar-refractivity contribution in [3.05, 3.63) is 69.4 Å². The second-order valence-electron chi connectivity index (χ2n) is 4.60. The second-order valence-corrected chi connectivity index (χ2v) is 5.51. The predicted octanol–water partition coefficient (Wildman–Crippen LogP) is 3.87. The van der Waals surface area contributed by atoms with E-state index in [-0.39, 0.29) is 11.7 Å². The Labute approximate surface area is 126 Å². The van der Waals surface area contributed by atoms with E-state index in [1.54, 1.807) is 12.1 Å². The van der Waals surface area contributed by atoms with Crippen molar-refractivity contribution in [2.75, 3.05) is 6.54 Å². The van der Waals surface area contributed by atoms with E-state index >= 15 is 0 Å². The van der Waals surface area contributed by atoms with E-state index < -0.39 is 0 Å². The molecule has 0 spiro atoms. The van der Waals surface area contributed by atoms with Crippen LogP contribution >= 0.6 is 15.9 Å². The molecule has 2 rings (SSSR count). The van der Waals surface area contributed by atoms with Gasteiger partial charge in [-0.3, -0.25) is 4.79 Å². The number of amides is 1. The molecule has 0 unspecified atom stereocenters. The smallest absolute Gasteiger partial charge is 0.251 e. The first-order valence-corrected chi connectivity index (χ1v) is 7.14. The lowest BCUT2D eigenvalue weighted by molar-refractivity contribution is 0.0953. The standard InChI is InChI=1S/C16H15BrFNO/c1-11-5-6-13(17)10-15(11)16(20)19-8-7-12-3-2-4-14(18)9-12/h2-6,9-10H,7-8H2,1H3,(H,19,20). The maximum Gasteiger partial charge on any atom is 0.251 e. The summed E-state index contributed by atoms with van der Waals surface area (Å²) in [5, 5.41) is 2.85. The zero-order chi connectivity index (χ0) is 14.5. The van der Waals surface area contributed by atoms with E-state index in [4.69, 9.17) is 0 Å². The second kappa shape index (κ2) is 6.66. The zero-order valence-electron chi connectivity index (χ0n) is 11.1. The van der Waals surface area contributed by atoms with Gasteiger partial charge in [0, 0.05) is 16.6 Å². The molecule has 4 heteroatoms. The fourth-order valence-corrected chi connectivity index (χ4v) is 2.31. The van der Waals surface area contributed by atoms with Crippen LogP contribution < -0.4 is 5.32 Å². The zero-order valence-corrected chi connectivity index (χ0v) is 12.7. The highest BCUT2D eigenvalue weighted by Gasteiger charge is 2.08. The summed E-state index contributed by atoms with van der Waals surface area (Å²) in [5.74, 6) is -0.364. The Balaban J connectivity index is 1.94. The first-order chi connectivity index (χ1) is 9.56. The Morgan fingerprint density at radius 1 is 1.25 bits per heavy atom. The number of carbonyl (C=O) groups is 1. The molecule has 104 valence electrons. The van der Waals surface area contributed by atoms with Crippen LogP contribution in [-0.4, -0.2) is 12.5 Å². The Morgan fingerprint density at radius 3 is 2.80 bits per heavy atom. The van der Waals surface area contributed by atoms with Crippen molar-refractivity contribution in [3.63, 3.8) is 0 Å². The lowest BCUT2D eigenvalue weighted by Gasteiger charge is -2.08. The molecule has 0 saturated heterocycles. The molecule has 1 N–H and O–H groups in total. The van der Waals surface area contributed by atoms with Gasteiger partial charge >= 0.3 is 0 Å². The molecular formula is C16H15BrFNO. The first-order valence-electron chi connectivity index (χ1n) is 6.35. The molecule has 2 nitrogen and oxygen atoms in total. The average molecular weight is 336 g/mol. The molecule has 0 radical (unpaired) electrons. The Kier molecular flexibility index (Phi) is 4.90. The van der Waals surface area contributed by atoms with Crippen LogP contribution in [0, 0.1) is 12.7 Å². The largest absolute Gasteiger partial charge is 0.352 e. The molecule has 0 saturated carbocycles. The minimum absolute atomic E-state index is 0.111. The maximum atomic E-state index is 13.0. The summed E-state index contributed by atoms with van der Waals surface area (Å²) >= 11 is 3.36. The Hall–Kier alpha value is -1.68. The monoisotopic (exact) mass is 335 g/mol. The van der Waals surface area contributed by atoms with Gasteiger partial charge in [0.1, 0.15) is 5.82 Å². The van der Waals surface area contributed by atoms with E-state index in [2.05, 4.69) is 21.2 Å². The third kappa shape index (κ3) is 3.90. The van der Waals surface area contributed by atoms with Gasteiger partial charge in [-0.1, -0.05) is 34.1 Å². The van der Waals surface area contributed by atoms with Gasteiger partial charge in [0.25, 0.3) is 5.91 Å². The number of halogens is 2. The predicted molar refractivity (Wildman–Crippen MR) is 81.3 cm³/mol. The quantitative estimate of drug-likeness (QED) is 0.902. The highest BCUT2D eigenvalue weighted by Crippen LogP contribution is 2.15. The molecule has 0 aliphatic carbocycles. The molecule has 2 aromatic rings. The molecule has 0 bridgehead atoms. The number of hydrogen-bond donors (Lipinski definition) is 1. The summed E-state index contributed by atoms with van der Waals surface area (Å²) in [5.41, 5.74) is 2.45. The molecule has 0 fully saturated rings. The van der Waals surface area contributed by atoms with E-state index in [9.17, 15) is 9.18 Å². The molecule has 0 aliphatic rings. The topological polar surface area (TPSA) is 29.1 Å².